The second-order valence-electron chi connectivity index (χ2n) is 7.51. The molecule has 0 fully saturated rings. The zero-order valence-corrected chi connectivity index (χ0v) is 17.8. The molecule has 0 aliphatic rings. The highest BCUT2D eigenvalue weighted by Crippen LogP contribution is 2.28. The number of hydrogen-bond donors (Lipinski definition) is 1. The van der Waals surface area contributed by atoms with Crippen molar-refractivity contribution in [3.05, 3.63) is 99.8 Å². The van der Waals surface area contributed by atoms with Crippen molar-refractivity contribution in [2.45, 2.75) is 19.9 Å². The number of rotatable bonds is 4. The van der Waals surface area contributed by atoms with Crippen molar-refractivity contribution in [2.75, 3.05) is 5.32 Å². The molecular formula is C24H20ClN5O. The van der Waals surface area contributed by atoms with Crippen LogP contribution in [0.4, 0.5) is 5.69 Å². The molecule has 1 N–H and O–H groups in total. The second kappa shape index (κ2) is 7.56. The van der Waals surface area contributed by atoms with E-state index in [0.717, 1.165) is 33.8 Å². The summed E-state index contributed by atoms with van der Waals surface area (Å²) in [6, 6.07) is 18.8. The molecule has 0 spiro atoms. The number of halogens is 1. The summed E-state index contributed by atoms with van der Waals surface area (Å²) in [6.07, 6.45) is 3.61. The van der Waals surface area contributed by atoms with Gasteiger partial charge < -0.3 is 5.32 Å². The predicted molar refractivity (Wildman–Crippen MR) is 124 cm³/mol. The van der Waals surface area contributed by atoms with Crippen molar-refractivity contribution in [2.24, 2.45) is 0 Å². The largest absolute Gasteiger partial charge is 0.374 e. The average molecular weight is 430 g/mol. The summed E-state index contributed by atoms with van der Waals surface area (Å²) in [5.74, 6) is 0. The fourth-order valence-electron chi connectivity index (χ4n) is 3.93. The molecule has 0 bridgehead atoms. The first-order chi connectivity index (χ1) is 15.0. The molecule has 7 heteroatoms. The number of anilines is 1. The van der Waals surface area contributed by atoms with Crippen LogP contribution in [0.1, 0.15) is 24.4 Å². The summed E-state index contributed by atoms with van der Waals surface area (Å²) in [7, 11) is 0. The summed E-state index contributed by atoms with van der Waals surface area (Å²) in [6.45, 7) is 3.96. The number of pyridine rings is 1. The molecule has 6 nitrogen and oxygen atoms in total. The van der Waals surface area contributed by atoms with Gasteiger partial charge >= 0.3 is 0 Å². The average Bonchev–Trinajstić information content (AvgIpc) is 3.15. The van der Waals surface area contributed by atoms with E-state index in [9.17, 15) is 4.79 Å². The van der Waals surface area contributed by atoms with Gasteiger partial charge in [0, 0.05) is 11.4 Å². The minimum absolute atomic E-state index is 0.144. The molecule has 0 amide bonds. The molecule has 0 saturated heterocycles. The molecule has 31 heavy (non-hydrogen) atoms. The van der Waals surface area contributed by atoms with E-state index < -0.39 is 0 Å². The lowest BCUT2D eigenvalue weighted by atomic mass is 10.1. The third-order valence-electron chi connectivity index (χ3n) is 5.34. The van der Waals surface area contributed by atoms with Gasteiger partial charge in [0.05, 0.1) is 40.2 Å². The first-order valence-electron chi connectivity index (χ1n) is 10.00. The highest BCUT2D eigenvalue weighted by atomic mass is 35.5. The normalized spacial score (nSPS) is 12.4. The number of aryl methyl sites for hydroxylation is 1. The van der Waals surface area contributed by atoms with E-state index in [0.29, 0.717) is 10.4 Å². The fourth-order valence-corrected chi connectivity index (χ4v) is 4.20. The van der Waals surface area contributed by atoms with E-state index in [1.54, 1.807) is 21.3 Å². The van der Waals surface area contributed by atoms with Crippen LogP contribution in [0.15, 0.2) is 77.9 Å². The van der Waals surface area contributed by atoms with Crippen molar-refractivity contribution in [1.82, 2.24) is 19.2 Å². The molecule has 3 aromatic heterocycles. The van der Waals surface area contributed by atoms with E-state index in [-0.39, 0.29) is 11.6 Å². The molecule has 5 aromatic rings. The van der Waals surface area contributed by atoms with Gasteiger partial charge in [-0.25, -0.2) is 9.50 Å². The highest BCUT2D eigenvalue weighted by molar-refractivity contribution is 6.35. The van der Waals surface area contributed by atoms with Gasteiger partial charge in [-0.15, -0.1) is 0 Å². The van der Waals surface area contributed by atoms with Crippen LogP contribution in [0.2, 0.25) is 5.02 Å². The van der Waals surface area contributed by atoms with Crippen LogP contribution in [0.5, 0.6) is 0 Å². The molecule has 0 aliphatic carbocycles. The molecule has 154 valence electrons. The van der Waals surface area contributed by atoms with E-state index in [2.05, 4.69) is 15.4 Å². The molecule has 0 aliphatic heterocycles. The Bertz CT molecular complexity index is 1470. The fraction of sp³-hybridized carbons (Fsp3) is 0.125. The van der Waals surface area contributed by atoms with Crippen LogP contribution in [0.25, 0.3) is 22.1 Å². The SMILES string of the molecule is Cc1cn2nccc(N[C@@H](C)c3cc4cccc(Cl)c4c(=O)n3-c3ccccc3)c2n1. The Labute approximate surface area is 183 Å². The number of nitrogens with one attached hydrogen (secondary N) is 1. The minimum Gasteiger partial charge on any atom is -0.374 e. The van der Waals surface area contributed by atoms with Crippen molar-refractivity contribution in [1.29, 1.82) is 0 Å². The van der Waals surface area contributed by atoms with Gasteiger partial charge in [-0.05, 0) is 49.6 Å². The summed E-state index contributed by atoms with van der Waals surface area (Å²) in [5, 5.41) is 9.60. The van der Waals surface area contributed by atoms with E-state index in [1.165, 1.54) is 0 Å². The molecule has 3 heterocycles. The predicted octanol–water partition coefficient (Wildman–Crippen LogP) is 5.17. The van der Waals surface area contributed by atoms with Gasteiger partial charge in [0.15, 0.2) is 5.65 Å². The van der Waals surface area contributed by atoms with Crippen LogP contribution in [0, 0.1) is 6.92 Å². The summed E-state index contributed by atoms with van der Waals surface area (Å²) in [4.78, 5) is 18.1. The van der Waals surface area contributed by atoms with Gasteiger partial charge in [-0.1, -0.05) is 41.9 Å². The summed E-state index contributed by atoms with van der Waals surface area (Å²) < 4.78 is 3.47. The maximum atomic E-state index is 13.6. The standard InChI is InChI=1S/C24H20ClN5O/c1-15-14-29-23(27-15)20(11-12-26-29)28-16(2)21-13-17-7-6-10-19(25)22(17)24(31)30(21)18-8-4-3-5-9-18/h3-14,16,28H,1-2H3/t16-/m0/s1. The van der Waals surface area contributed by atoms with Crippen LogP contribution < -0.4 is 10.9 Å². The lowest BCUT2D eigenvalue weighted by molar-refractivity contribution is 0.776. The maximum Gasteiger partial charge on any atom is 0.264 e. The quantitative estimate of drug-likeness (QED) is 0.428. The molecular weight excluding hydrogens is 410 g/mol. The number of imidazole rings is 1. The van der Waals surface area contributed by atoms with Gasteiger partial charge in [-0.3, -0.25) is 9.36 Å². The molecule has 2 aromatic carbocycles. The van der Waals surface area contributed by atoms with Gasteiger partial charge in [-0.2, -0.15) is 5.10 Å². The van der Waals surface area contributed by atoms with Crippen molar-refractivity contribution in [3.63, 3.8) is 0 Å². The van der Waals surface area contributed by atoms with Gasteiger partial charge in [0.1, 0.15) is 0 Å². The Kier molecular flexibility index (Phi) is 4.71. The molecule has 1 atom stereocenters. The summed E-state index contributed by atoms with van der Waals surface area (Å²) >= 11 is 6.40. The minimum atomic E-state index is -0.195. The molecule has 0 saturated carbocycles. The van der Waals surface area contributed by atoms with Gasteiger partial charge in [0.25, 0.3) is 5.56 Å². The first-order valence-corrected chi connectivity index (χ1v) is 10.4. The topological polar surface area (TPSA) is 64.2 Å². The van der Waals surface area contributed by atoms with E-state index in [1.807, 2.05) is 74.6 Å². The zero-order valence-electron chi connectivity index (χ0n) is 17.1. The second-order valence-corrected chi connectivity index (χ2v) is 7.92. The van der Waals surface area contributed by atoms with Gasteiger partial charge in [0.2, 0.25) is 0 Å². The summed E-state index contributed by atoms with van der Waals surface area (Å²) in [5.41, 5.74) is 3.93. The van der Waals surface area contributed by atoms with Crippen molar-refractivity contribution >= 4 is 33.7 Å². The Morgan fingerprint density at radius 3 is 2.68 bits per heavy atom. The van der Waals surface area contributed by atoms with Crippen LogP contribution >= 0.6 is 11.6 Å². The Morgan fingerprint density at radius 2 is 1.87 bits per heavy atom. The zero-order chi connectivity index (χ0) is 21.5. The first kappa shape index (κ1) is 19.3. The maximum absolute atomic E-state index is 13.6. The Balaban J connectivity index is 1.70. The third-order valence-corrected chi connectivity index (χ3v) is 5.65. The van der Waals surface area contributed by atoms with E-state index >= 15 is 0 Å². The molecule has 0 radical (unpaired) electrons. The monoisotopic (exact) mass is 429 g/mol. The van der Waals surface area contributed by atoms with Crippen LogP contribution in [-0.4, -0.2) is 19.2 Å². The Morgan fingerprint density at radius 1 is 1.06 bits per heavy atom. The van der Waals surface area contributed by atoms with E-state index in [4.69, 9.17) is 11.6 Å². The lowest BCUT2D eigenvalue weighted by Crippen LogP contribution is -2.25. The number of fused-ring (bicyclic) bond motifs is 2. The molecule has 0 unspecified atom stereocenters. The Hall–Kier alpha value is -3.64. The number of para-hydroxylation sites is 1. The molecule has 5 rings (SSSR count). The van der Waals surface area contributed by atoms with Crippen LogP contribution in [-0.2, 0) is 0 Å². The number of benzene rings is 2. The number of aromatic nitrogens is 4. The number of hydrogen-bond acceptors (Lipinski definition) is 4. The number of nitrogens with zero attached hydrogens (tertiary/aromatic N) is 4. The third kappa shape index (κ3) is 3.35. The van der Waals surface area contributed by atoms with Crippen molar-refractivity contribution < 1.29 is 0 Å². The highest BCUT2D eigenvalue weighted by Gasteiger charge is 2.18. The van der Waals surface area contributed by atoms with Crippen LogP contribution in [0.3, 0.4) is 0 Å². The smallest absolute Gasteiger partial charge is 0.264 e. The van der Waals surface area contributed by atoms with Crippen molar-refractivity contribution in [3.8, 4) is 5.69 Å². The lowest BCUT2D eigenvalue weighted by Gasteiger charge is -2.22.